The third-order valence-electron chi connectivity index (χ3n) is 2.86. The molecule has 0 saturated carbocycles. The van der Waals surface area contributed by atoms with Gasteiger partial charge >= 0.3 is 0 Å². The SMILES string of the molecule is O=C([O-])CN1C(=O)/C(=C\c2ccc3c(c2)OCO3)SC1=S. The summed E-state index contributed by atoms with van der Waals surface area (Å²) in [6, 6.07) is 5.27. The summed E-state index contributed by atoms with van der Waals surface area (Å²) in [5.41, 5.74) is 0.744. The zero-order valence-electron chi connectivity index (χ0n) is 10.5. The van der Waals surface area contributed by atoms with E-state index in [4.69, 9.17) is 21.7 Å². The van der Waals surface area contributed by atoms with Gasteiger partial charge in [0, 0.05) is 0 Å². The van der Waals surface area contributed by atoms with Crippen molar-refractivity contribution in [2.24, 2.45) is 0 Å². The molecule has 21 heavy (non-hydrogen) atoms. The van der Waals surface area contributed by atoms with Gasteiger partial charge in [0.2, 0.25) is 6.79 Å². The molecule has 1 fully saturated rings. The van der Waals surface area contributed by atoms with Crippen LogP contribution in [0.3, 0.4) is 0 Å². The molecule has 6 nitrogen and oxygen atoms in total. The second kappa shape index (κ2) is 5.38. The Morgan fingerprint density at radius 2 is 2.19 bits per heavy atom. The number of carbonyl (C=O) groups excluding carboxylic acids is 2. The van der Waals surface area contributed by atoms with Crippen LogP contribution in [-0.2, 0) is 9.59 Å². The lowest BCUT2D eigenvalue weighted by Gasteiger charge is -2.14. The quantitative estimate of drug-likeness (QED) is 0.587. The number of amides is 1. The average molecular weight is 322 g/mol. The van der Waals surface area contributed by atoms with E-state index in [1.807, 2.05) is 0 Å². The largest absolute Gasteiger partial charge is 0.548 e. The normalized spacial score (nSPS) is 18.7. The van der Waals surface area contributed by atoms with Crippen molar-refractivity contribution in [2.45, 2.75) is 0 Å². The molecule has 8 heteroatoms. The summed E-state index contributed by atoms with van der Waals surface area (Å²) >= 11 is 6.06. The number of rotatable bonds is 3. The van der Waals surface area contributed by atoms with Crippen LogP contribution in [0.5, 0.6) is 11.5 Å². The van der Waals surface area contributed by atoms with Crippen LogP contribution in [0.1, 0.15) is 5.56 Å². The topological polar surface area (TPSA) is 78.9 Å². The fraction of sp³-hybridized carbons (Fsp3) is 0.154. The highest BCUT2D eigenvalue weighted by Gasteiger charge is 2.31. The zero-order valence-corrected chi connectivity index (χ0v) is 12.2. The molecule has 2 aliphatic rings. The molecule has 0 bridgehead atoms. The van der Waals surface area contributed by atoms with Crippen molar-refractivity contribution < 1.29 is 24.2 Å². The predicted molar refractivity (Wildman–Crippen MR) is 77.5 cm³/mol. The Hall–Kier alpha value is -2.06. The summed E-state index contributed by atoms with van der Waals surface area (Å²) in [6.07, 6.45) is 1.64. The molecule has 2 heterocycles. The molecule has 1 aromatic rings. The zero-order chi connectivity index (χ0) is 15.0. The summed E-state index contributed by atoms with van der Waals surface area (Å²) < 4.78 is 10.7. The molecule has 0 aromatic heterocycles. The predicted octanol–water partition coefficient (Wildman–Crippen LogP) is 0.366. The van der Waals surface area contributed by atoms with E-state index in [-0.39, 0.29) is 11.1 Å². The first kappa shape index (κ1) is 13.9. The molecule has 0 atom stereocenters. The number of hydrogen-bond acceptors (Lipinski definition) is 7. The van der Waals surface area contributed by atoms with Crippen LogP contribution in [0.2, 0.25) is 0 Å². The number of carboxylic acids is 1. The Kier molecular flexibility index (Phi) is 3.56. The van der Waals surface area contributed by atoms with Gasteiger partial charge in [0.25, 0.3) is 5.91 Å². The molecule has 2 aliphatic heterocycles. The molecular formula is C13H8NO5S2-. The maximum Gasteiger partial charge on any atom is 0.266 e. The molecule has 0 aliphatic carbocycles. The van der Waals surface area contributed by atoms with Gasteiger partial charge in [-0.05, 0) is 23.8 Å². The fourth-order valence-electron chi connectivity index (χ4n) is 1.92. The third-order valence-corrected chi connectivity index (χ3v) is 4.23. The number of nitrogens with zero attached hydrogens (tertiary/aromatic N) is 1. The van der Waals surface area contributed by atoms with Gasteiger partial charge in [-0.2, -0.15) is 0 Å². The number of benzene rings is 1. The van der Waals surface area contributed by atoms with Crippen molar-refractivity contribution in [3.8, 4) is 11.5 Å². The monoisotopic (exact) mass is 322 g/mol. The van der Waals surface area contributed by atoms with Crippen molar-refractivity contribution in [3.63, 3.8) is 0 Å². The van der Waals surface area contributed by atoms with E-state index in [9.17, 15) is 14.7 Å². The lowest BCUT2D eigenvalue weighted by atomic mass is 10.2. The van der Waals surface area contributed by atoms with E-state index < -0.39 is 18.4 Å². The number of fused-ring (bicyclic) bond motifs is 1. The van der Waals surface area contributed by atoms with Gasteiger partial charge in [-0.15, -0.1) is 0 Å². The van der Waals surface area contributed by atoms with Gasteiger partial charge in [0.1, 0.15) is 4.32 Å². The van der Waals surface area contributed by atoms with Gasteiger partial charge < -0.3 is 19.4 Å². The number of carboxylic acid groups (broad SMARTS) is 1. The number of aliphatic carboxylic acids is 1. The Bertz CT molecular complexity index is 685. The first-order chi connectivity index (χ1) is 10.0. The summed E-state index contributed by atoms with van der Waals surface area (Å²) in [4.78, 5) is 24.1. The minimum Gasteiger partial charge on any atom is -0.548 e. The molecule has 108 valence electrons. The van der Waals surface area contributed by atoms with Crippen molar-refractivity contribution in [3.05, 3.63) is 28.7 Å². The van der Waals surface area contributed by atoms with Crippen molar-refractivity contribution in [2.75, 3.05) is 13.3 Å². The van der Waals surface area contributed by atoms with Crippen LogP contribution in [0.15, 0.2) is 23.1 Å². The summed E-state index contributed by atoms with van der Waals surface area (Å²) in [5, 5.41) is 10.6. The highest BCUT2D eigenvalue weighted by molar-refractivity contribution is 8.26. The van der Waals surface area contributed by atoms with Gasteiger partial charge in [-0.3, -0.25) is 9.69 Å². The van der Waals surface area contributed by atoms with Crippen molar-refractivity contribution in [1.29, 1.82) is 0 Å². The summed E-state index contributed by atoms with van der Waals surface area (Å²) in [7, 11) is 0. The molecule has 0 N–H and O–H groups in total. The maximum atomic E-state index is 12.1. The Labute approximate surface area is 129 Å². The number of ether oxygens (including phenoxy) is 2. The van der Waals surface area contributed by atoms with Gasteiger partial charge in [0.05, 0.1) is 17.4 Å². The van der Waals surface area contributed by atoms with Crippen LogP contribution in [0.25, 0.3) is 6.08 Å². The molecule has 0 radical (unpaired) electrons. The minimum atomic E-state index is -1.35. The van der Waals surface area contributed by atoms with E-state index in [2.05, 4.69) is 0 Å². The van der Waals surface area contributed by atoms with E-state index in [1.54, 1.807) is 24.3 Å². The van der Waals surface area contributed by atoms with Crippen LogP contribution in [0.4, 0.5) is 0 Å². The minimum absolute atomic E-state index is 0.173. The second-order valence-corrected chi connectivity index (χ2v) is 5.93. The van der Waals surface area contributed by atoms with Gasteiger partial charge in [-0.1, -0.05) is 30.0 Å². The molecule has 3 rings (SSSR count). The molecular weight excluding hydrogens is 314 g/mol. The smallest absolute Gasteiger partial charge is 0.266 e. The molecule has 0 unspecified atom stereocenters. The first-order valence-corrected chi connectivity index (χ1v) is 7.12. The van der Waals surface area contributed by atoms with Crippen LogP contribution >= 0.6 is 24.0 Å². The standard InChI is InChI=1S/C13H9NO5S2/c15-11(16)5-14-12(17)10(21-13(14)20)4-7-1-2-8-9(3-7)19-6-18-8/h1-4H,5-6H2,(H,15,16)/p-1/b10-4+. The summed E-state index contributed by atoms with van der Waals surface area (Å²) in [5.74, 6) is -0.534. The molecule has 1 aromatic carbocycles. The Balaban J connectivity index is 1.85. The molecule has 0 spiro atoms. The van der Waals surface area contributed by atoms with Gasteiger partial charge in [-0.25, -0.2) is 0 Å². The third kappa shape index (κ3) is 2.72. The van der Waals surface area contributed by atoms with E-state index in [0.717, 1.165) is 22.2 Å². The maximum absolute atomic E-state index is 12.1. The molecule has 1 amide bonds. The summed E-state index contributed by atoms with van der Waals surface area (Å²) in [6.45, 7) is -0.365. The average Bonchev–Trinajstić information content (AvgIpc) is 2.98. The van der Waals surface area contributed by atoms with Crippen LogP contribution in [-0.4, -0.2) is 34.4 Å². The van der Waals surface area contributed by atoms with E-state index >= 15 is 0 Å². The number of thiocarbonyl (C=S) groups is 1. The van der Waals surface area contributed by atoms with E-state index in [1.165, 1.54) is 0 Å². The van der Waals surface area contributed by atoms with Crippen LogP contribution in [0, 0.1) is 0 Å². The van der Waals surface area contributed by atoms with Crippen LogP contribution < -0.4 is 14.6 Å². The number of carbonyl (C=O) groups is 2. The highest BCUT2D eigenvalue weighted by Crippen LogP contribution is 2.36. The number of hydrogen-bond donors (Lipinski definition) is 0. The lowest BCUT2D eigenvalue weighted by molar-refractivity contribution is -0.305. The van der Waals surface area contributed by atoms with E-state index in [0.29, 0.717) is 16.4 Å². The Morgan fingerprint density at radius 1 is 1.43 bits per heavy atom. The van der Waals surface area contributed by atoms with Crippen molar-refractivity contribution in [1.82, 2.24) is 4.90 Å². The second-order valence-electron chi connectivity index (χ2n) is 4.25. The van der Waals surface area contributed by atoms with Gasteiger partial charge in [0.15, 0.2) is 11.5 Å². The fourth-order valence-corrected chi connectivity index (χ4v) is 3.17. The Morgan fingerprint density at radius 3 is 2.95 bits per heavy atom. The number of thioether (sulfide) groups is 1. The first-order valence-electron chi connectivity index (χ1n) is 5.89. The van der Waals surface area contributed by atoms with Crippen molar-refractivity contribution >= 4 is 46.3 Å². The molecule has 1 saturated heterocycles. The highest BCUT2D eigenvalue weighted by atomic mass is 32.2. The lowest BCUT2D eigenvalue weighted by Crippen LogP contribution is -2.40.